The first-order chi connectivity index (χ1) is 5.33. The summed E-state index contributed by atoms with van der Waals surface area (Å²) in [6.07, 6.45) is 2.99. The Kier molecular flexibility index (Phi) is 2.80. The average molecular weight is 172 g/mol. The third-order valence-electron chi connectivity index (χ3n) is 0.860. The van der Waals surface area contributed by atoms with E-state index in [1.165, 1.54) is 6.20 Å². The highest BCUT2D eigenvalue weighted by molar-refractivity contribution is 6.28. The van der Waals surface area contributed by atoms with Crippen molar-refractivity contribution in [2.45, 2.75) is 0 Å². The molecule has 0 N–H and O–H groups in total. The maximum Gasteiger partial charge on any atom is 0.246 e. The van der Waals surface area contributed by atoms with E-state index in [0.717, 1.165) is 0 Å². The van der Waals surface area contributed by atoms with Crippen molar-refractivity contribution in [2.75, 3.05) is 6.61 Å². The van der Waals surface area contributed by atoms with Gasteiger partial charge in [-0.05, 0) is 11.6 Å². The van der Waals surface area contributed by atoms with E-state index in [-0.39, 0.29) is 5.28 Å². The molecular formula is C6H6ClN3O. The summed E-state index contributed by atoms with van der Waals surface area (Å²) in [7, 11) is 0. The first-order valence-corrected chi connectivity index (χ1v) is 3.29. The minimum absolute atomic E-state index is 0.0755. The van der Waals surface area contributed by atoms with Crippen molar-refractivity contribution in [2.24, 2.45) is 0 Å². The van der Waals surface area contributed by atoms with Crippen molar-refractivity contribution in [3.05, 3.63) is 24.1 Å². The molecule has 0 aliphatic heterocycles. The van der Waals surface area contributed by atoms with E-state index < -0.39 is 0 Å². The highest BCUT2D eigenvalue weighted by Crippen LogP contribution is 2.05. The summed E-state index contributed by atoms with van der Waals surface area (Å²) in [5, 5.41) is 7.06. The van der Waals surface area contributed by atoms with E-state index in [2.05, 4.69) is 21.8 Å². The van der Waals surface area contributed by atoms with Gasteiger partial charge < -0.3 is 4.74 Å². The third kappa shape index (κ3) is 2.51. The molecule has 0 amide bonds. The molecule has 4 nitrogen and oxygen atoms in total. The molecule has 0 aromatic carbocycles. The topological polar surface area (TPSA) is 47.9 Å². The van der Waals surface area contributed by atoms with Crippen molar-refractivity contribution < 1.29 is 4.74 Å². The SMILES string of the molecule is C=CCOc1cnnc(Cl)n1. The number of halogens is 1. The molecule has 0 aliphatic rings. The molecule has 58 valence electrons. The monoisotopic (exact) mass is 171 g/mol. The number of nitrogens with zero attached hydrogens (tertiary/aromatic N) is 3. The summed E-state index contributed by atoms with van der Waals surface area (Å²) in [4.78, 5) is 3.73. The molecular weight excluding hydrogens is 166 g/mol. The van der Waals surface area contributed by atoms with E-state index in [9.17, 15) is 0 Å². The van der Waals surface area contributed by atoms with Crippen LogP contribution in [0.5, 0.6) is 5.88 Å². The van der Waals surface area contributed by atoms with Gasteiger partial charge in [0.1, 0.15) is 12.8 Å². The van der Waals surface area contributed by atoms with Gasteiger partial charge in [-0.3, -0.25) is 0 Å². The van der Waals surface area contributed by atoms with Crippen LogP contribution in [0.4, 0.5) is 0 Å². The molecule has 0 atom stereocenters. The van der Waals surface area contributed by atoms with Gasteiger partial charge in [-0.15, -0.1) is 5.10 Å². The fourth-order valence-electron chi connectivity index (χ4n) is 0.482. The molecule has 1 rings (SSSR count). The molecule has 0 spiro atoms. The number of hydrogen-bond donors (Lipinski definition) is 0. The summed E-state index contributed by atoms with van der Waals surface area (Å²) < 4.78 is 5.02. The maximum absolute atomic E-state index is 5.43. The van der Waals surface area contributed by atoms with Crippen molar-refractivity contribution in [3.63, 3.8) is 0 Å². The van der Waals surface area contributed by atoms with Gasteiger partial charge in [0.25, 0.3) is 0 Å². The number of aromatic nitrogens is 3. The van der Waals surface area contributed by atoms with Crippen LogP contribution in [0.15, 0.2) is 18.9 Å². The number of rotatable bonds is 3. The second-order valence-electron chi connectivity index (χ2n) is 1.66. The van der Waals surface area contributed by atoms with Crippen molar-refractivity contribution in [1.82, 2.24) is 15.2 Å². The van der Waals surface area contributed by atoms with Crippen LogP contribution in [0.2, 0.25) is 5.28 Å². The van der Waals surface area contributed by atoms with Crippen LogP contribution in [0, 0.1) is 0 Å². The molecule has 0 unspecified atom stereocenters. The van der Waals surface area contributed by atoms with Gasteiger partial charge in [-0.25, -0.2) is 0 Å². The van der Waals surface area contributed by atoms with Gasteiger partial charge in [0.05, 0.1) is 0 Å². The molecule has 0 aliphatic carbocycles. The minimum atomic E-state index is 0.0755. The quantitative estimate of drug-likeness (QED) is 0.639. The second kappa shape index (κ2) is 3.88. The van der Waals surface area contributed by atoms with Crippen LogP contribution in [0.1, 0.15) is 0 Å². The van der Waals surface area contributed by atoms with Crippen LogP contribution >= 0.6 is 11.6 Å². The van der Waals surface area contributed by atoms with Crippen molar-refractivity contribution in [3.8, 4) is 5.88 Å². The lowest BCUT2D eigenvalue weighted by atomic mass is 10.7. The predicted molar refractivity (Wildman–Crippen MR) is 40.5 cm³/mol. The van der Waals surface area contributed by atoms with E-state index >= 15 is 0 Å². The first kappa shape index (κ1) is 7.94. The highest BCUT2D eigenvalue weighted by atomic mass is 35.5. The zero-order chi connectivity index (χ0) is 8.10. The normalized spacial score (nSPS) is 9.18. The Morgan fingerprint density at radius 3 is 3.18 bits per heavy atom. The largest absolute Gasteiger partial charge is 0.472 e. The summed E-state index contributed by atoms with van der Waals surface area (Å²) >= 11 is 5.43. The van der Waals surface area contributed by atoms with Crippen molar-refractivity contribution >= 4 is 11.6 Å². The Balaban J connectivity index is 2.63. The van der Waals surface area contributed by atoms with Gasteiger partial charge in [0.2, 0.25) is 11.2 Å². The zero-order valence-electron chi connectivity index (χ0n) is 5.70. The Morgan fingerprint density at radius 1 is 1.73 bits per heavy atom. The number of ether oxygens (including phenoxy) is 1. The van der Waals surface area contributed by atoms with Crippen LogP contribution in [-0.2, 0) is 0 Å². The van der Waals surface area contributed by atoms with Crippen LogP contribution in [0.3, 0.4) is 0 Å². The summed E-state index contributed by atoms with van der Waals surface area (Å²) in [5.74, 6) is 0.352. The summed E-state index contributed by atoms with van der Waals surface area (Å²) in [5.41, 5.74) is 0. The second-order valence-corrected chi connectivity index (χ2v) is 2.00. The molecule has 1 heterocycles. The third-order valence-corrected chi connectivity index (χ3v) is 1.02. The van der Waals surface area contributed by atoms with Crippen molar-refractivity contribution in [1.29, 1.82) is 0 Å². The fourth-order valence-corrected chi connectivity index (χ4v) is 0.609. The minimum Gasteiger partial charge on any atom is -0.472 e. The van der Waals surface area contributed by atoms with Gasteiger partial charge in [0.15, 0.2) is 0 Å². The van der Waals surface area contributed by atoms with E-state index in [1.807, 2.05) is 0 Å². The molecule has 0 fully saturated rings. The smallest absolute Gasteiger partial charge is 0.246 e. The van der Waals surface area contributed by atoms with E-state index in [0.29, 0.717) is 12.5 Å². The summed E-state index contributed by atoms with van der Waals surface area (Å²) in [6, 6.07) is 0. The first-order valence-electron chi connectivity index (χ1n) is 2.92. The molecule has 0 radical (unpaired) electrons. The van der Waals surface area contributed by atoms with Crippen LogP contribution in [-0.4, -0.2) is 21.8 Å². The van der Waals surface area contributed by atoms with Gasteiger partial charge in [-0.1, -0.05) is 12.7 Å². The maximum atomic E-state index is 5.43. The predicted octanol–water partition coefficient (Wildman–Crippen LogP) is 1.09. The Hall–Kier alpha value is -1.16. The standard InChI is InChI=1S/C6H6ClN3O/c1-2-3-11-5-4-8-10-6(7)9-5/h2,4H,1,3H2. The van der Waals surface area contributed by atoms with Gasteiger partial charge in [-0.2, -0.15) is 10.1 Å². The Bertz CT molecular complexity index is 253. The molecule has 0 saturated heterocycles. The average Bonchev–Trinajstić information content (AvgIpc) is 2.01. The van der Waals surface area contributed by atoms with E-state index in [1.54, 1.807) is 6.08 Å². The zero-order valence-corrected chi connectivity index (χ0v) is 6.45. The molecule has 5 heteroatoms. The van der Waals surface area contributed by atoms with Gasteiger partial charge in [0, 0.05) is 0 Å². The molecule has 0 bridgehead atoms. The molecule has 1 aromatic heterocycles. The van der Waals surface area contributed by atoms with Crippen LogP contribution in [0.25, 0.3) is 0 Å². The lowest BCUT2D eigenvalue weighted by Gasteiger charge is -1.98. The lowest BCUT2D eigenvalue weighted by molar-refractivity contribution is 0.345. The number of hydrogen-bond acceptors (Lipinski definition) is 4. The Labute approximate surface area is 68.9 Å². The fraction of sp³-hybridized carbons (Fsp3) is 0.167. The lowest BCUT2D eigenvalue weighted by Crippen LogP contribution is -1.97. The molecule has 11 heavy (non-hydrogen) atoms. The highest BCUT2D eigenvalue weighted by Gasteiger charge is 1.95. The Morgan fingerprint density at radius 2 is 2.55 bits per heavy atom. The molecule has 1 aromatic rings. The summed E-state index contributed by atoms with van der Waals surface area (Å²) in [6.45, 7) is 3.86. The van der Waals surface area contributed by atoms with E-state index in [4.69, 9.17) is 16.3 Å². The van der Waals surface area contributed by atoms with Crippen LogP contribution < -0.4 is 4.74 Å². The van der Waals surface area contributed by atoms with Gasteiger partial charge >= 0.3 is 0 Å². The molecule has 0 saturated carbocycles.